The van der Waals surface area contributed by atoms with Gasteiger partial charge in [0.1, 0.15) is 36.8 Å². The number of carbonyl (C=O) groups excluding carboxylic acids is 1. The Bertz CT molecular complexity index is 989. The fourth-order valence-corrected chi connectivity index (χ4v) is 6.82. The van der Waals surface area contributed by atoms with Crippen LogP contribution in [0.1, 0.15) is 44.8 Å². The molecule has 5 fully saturated rings. The molecule has 0 radical (unpaired) electrons. The molecule has 1 aliphatic heterocycles. The number of hydrogen-bond donors (Lipinski definition) is 3. The molecule has 4 unspecified atom stereocenters. The average molecular weight is 429 g/mol. The summed E-state index contributed by atoms with van der Waals surface area (Å²) >= 11 is 0. The molecule has 0 spiro atoms. The van der Waals surface area contributed by atoms with Crippen LogP contribution in [0.2, 0.25) is 0 Å². The highest BCUT2D eigenvalue weighted by Gasteiger charge is 2.56. The van der Waals surface area contributed by atoms with E-state index >= 15 is 0 Å². The molecule has 4 N–H and O–H groups in total. The van der Waals surface area contributed by atoms with Gasteiger partial charge in [0.15, 0.2) is 17.7 Å². The molecule has 2 aromatic heterocycles. The first-order chi connectivity index (χ1) is 14.9. The van der Waals surface area contributed by atoms with Crippen molar-refractivity contribution in [2.45, 2.75) is 63.1 Å². The lowest BCUT2D eigenvalue weighted by molar-refractivity contribution is -0.176. The van der Waals surface area contributed by atoms with Crippen LogP contribution in [-0.2, 0) is 14.3 Å². The summed E-state index contributed by atoms with van der Waals surface area (Å²) in [6, 6.07) is 0. The first-order valence-corrected chi connectivity index (χ1v) is 11.1. The van der Waals surface area contributed by atoms with Gasteiger partial charge in [-0.2, -0.15) is 0 Å². The van der Waals surface area contributed by atoms with E-state index in [1.807, 2.05) is 0 Å². The standard InChI is InChI=1S/C21H27N5O5/c22-17-14-18(24-8-23-17)26(9-25-14)19-16(28)15(27)13(31-19)7-30-20(29)21-4-10-1-11(5-21)3-12(2-10)6-21/h8-13,15-16,19,27-28H,1-7H2,(H2,22,23,24). The number of nitrogens with two attached hydrogens (primary N) is 1. The average Bonchev–Trinajstić information content (AvgIpc) is 3.28. The van der Waals surface area contributed by atoms with Gasteiger partial charge in [-0.15, -0.1) is 0 Å². The van der Waals surface area contributed by atoms with Crippen molar-refractivity contribution in [3.8, 4) is 0 Å². The van der Waals surface area contributed by atoms with Crippen molar-refractivity contribution in [3.05, 3.63) is 12.7 Å². The molecular weight excluding hydrogens is 402 g/mol. The van der Waals surface area contributed by atoms with Gasteiger partial charge in [0.2, 0.25) is 0 Å². The minimum Gasteiger partial charge on any atom is -0.462 e. The number of rotatable bonds is 4. The van der Waals surface area contributed by atoms with E-state index in [-0.39, 0.29) is 23.8 Å². The predicted octanol–water partition coefficient (Wildman–Crippen LogP) is 0.787. The van der Waals surface area contributed by atoms with Crippen LogP contribution in [0.25, 0.3) is 11.2 Å². The van der Waals surface area contributed by atoms with Crippen molar-refractivity contribution in [1.29, 1.82) is 0 Å². The number of carbonyl (C=O) groups is 1. The lowest BCUT2D eigenvalue weighted by Crippen LogP contribution is -2.51. The third kappa shape index (κ3) is 2.95. The monoisotopic (exact) mass is 429 g/mol. The number of aliphatic hydroxyl groups is 2. The van der Waals surface area contributed by atoms with E-state index in [9.17, 15) is 15.0 Å². The Hall–Kier alpha value is -2.30. The topological polar surface area (TPSA) is 146 Å². The maximum absolute atomic E-state index is 13.1. The third-order valence-electron chi connectivity index (χ3n) is 7.85. The number of fused-ring (bicyclic) bond motifs is 1. The number of ether oxygens (including phenoxy) is 2. The van der Waals surface area contributed by atoms with E-state index in [1.54, 1.807) is 0 Å². The lowest BCUT2D eigenvalue weighted by atomic mass is 9.49. The molecule has 10 heteroatoms. The van der Waals surface area contributed by atoms with Gasteiger partial charge in [-0.3, -0.25) is 9.36 Å². The summed E-state index contributed by atoms with van der Waals surface area (Å²) in [5, 5.41) is 21.1. The molecule has 31 heavy (non-hydrogen) atoms. The largest absolute Gasteiger partial charge is 0.462 e. The van der Waals surface area contributed by atoms with Gasteiger partial charge in [-0.05, 0) is 56.3 Å². The number of aliphatic hydroxyl groups excluding tert-OH is 2. The molecule has 4 bridgehead atoms. The van der Waals surface area contributed by atoms with Crippen molar-refractivity contribution in [2.75, 3.05) is 12.3 Å². The van der Waals surface area contributed by atoms with Gasteiger partial charge < -0.3 is 25.4 Å². The summed E-state index contributed by atoms with van der Waals surface area (Å²) in [5.74, 6) is 1.97. The first-order valence-electron chi connectivity index (χ1n) is 11.1. The number of nitrogen functional groups attached to an aromatic ring is 1. The Kier molecular flexibility index (Phi) is 4.28. The van der Waals surface area contributed by atoms with Crippen molar-refractivity contribution < 1.29 is 24.5 Å². The van der Waals surface area contributed by atoms with Crippen LogP contribution in [0, 0.1) is 23.2 Å². The molecule has 2 aromatic rings. The Labute approximate surface area is 178 Å². The highest BCUT2D eigenvalue weighted by molar-refractivity contribution is 5.81. The van der Waals surface area contributed by atoms with Crippen LogP contribution in [-0.4, -0.2) is 60.6 Å². The van der Waals surface area contributed by atoms with Crippen molar-refractivity contribution in [1.82, 2.24) is 19.5 Å². The van der Waals surface area contributed by atoms with E-state index in [1.165, 1.54) is 36.5 Å². The van der Waals surface area contributed by atoms with Crippen LogP contribution in [0.5, 0.6) is 0 Å². The Balaban J connectivity index is 1.16. The maximum Gasteiger partial charge on any atom is 0.312 e. The number of nitrogens with zero attached hydrogens (tertiary/aromatic N) is 4. The zero-order chi connectivity index (χ0) is 21.3. The number of esters is 1. The minimum absolute atomic E-state index is 0.0982. The normalized spacial score (nSPS) is 41.2. The lowest BCUT2D eigenvalue weighted by Gasteiger charge is -2.55. The Morgan fingerprint density at radius 1 is 1.13 bits per heavy atom. The van der Waals surface area contributed by atoms with Crippen LogP contribution in [0.15, 0.2) is 12.7 Å². The summed E-state index contributed by atoms with van der Waals surface area (Å²) in [5.41, 5.74) is 6.25. The van der Waals surface area contributed by atoms with Crippen LogP contribution in [0.3, 0.4) is 0 Å². The maximum atomic E-state index is 13.1. The summed E-state index contributed by atoms with van der Waals surface area (Å²) in [7, 11) is 0. The minimum atomic E-state index is -1.23. The van der Waals surface area contributed by atoms with E-state index in [0.29, 0.717) is 28.9 Å². The third-order valence-corrected chi connectivity index (χ3v) is 7.85. The summed E-state index contributed by atoms with van der Waals surface area (Å²) in [6.45, 7) is -0.0982. The van der Waals surface area contributed by atoms with Crippen LogP contribution < -0.4 is 5.73 Å². The molecular formula is C21H27N5O5. The second kappa shape index (κ2) is 6.85. The van der Waals surface area contributed by atoms with Gasteiger partial charge in [0.05, 0.1) is 11.7 Å². The Morgan fingerprint density at radius 2 is 1.81 bits per heavy atom. The second-order valence-corrected chi connectivity index (χ2v) is 9.93. The molecule has 0 aromatic carbocycles. The highest BCUT2D eigenvalue weighted by atomic mass is 16.6. The molecule has 1 saturated heterocycles. The van der Waals surface area contributed by atoms with Crippen molar-refractivity contribution in [3.63, 3.8) is 0 Å². The molecule has 5 aliphatic rings. The fourth-order valence-electron chi connectivity index (χ4n) is 6.82. The number of hydrogen-bond acceptors (Lipinski definition) is 9. The van der Waals surface area contributed by atoms with Crippen molar-refractivity contribution in [2.24, 2.45) is 23.2 Å². The van der Waals surface area contributed by atoms with Gasteiger partial charge in [-0.25, -0.2) is 15.0 Å². The molecule has 4 atom stereocenters. The van der Waals surface area contributed by atoms with E-state index in [2.05, 4.69) is 15.0 Å². The first kappa shape index (κ1) is 19.4. The van der Waals surface area contributed by atoms with Crippen LogP contribution >= 0.6 is 0 Å². The van der Waals surface area contributed by atoms with Gasteiger partial charge in [-0.1, -0.05) is 0 Å². The zero-order valence-electron chi connectivity index (χ0n) is 17.1. The van der Waals surface area contributed by atoms with E-state index in [4.69, 9.17) is 15.2 Å². The van der Waals surface area contributed by atoms with E-state index < -0.39 is 24.5 Å². The van der Waals surface area contributed by atoms with Crippen LogP contribution in [0.4, 0.5) is 5.82 Å². The molecule has 3 heterocycles. The van der Waals surface area contributed by atoms with Gasteiger partial charge >= 0.3 is 5.97 Å². The smallest absolute Gasteiger partial charge is 0.312 e. The second-order valence-electron chi connectivity index (χ2n) is 9.93. The number of aromatic nitrogens is 4. The zero-order valence-corrected chi connectivity index (χ0v) is 17.1. The van der Waals surface area contributed by atoms with E-state index in [0.717, 1.165) is 19.3 Å². The number of anilines is 1. The summed E-state index contributed by atoms with van der Waals surface area (Å²) < 4.78 is 13.1. The SMILES string of the molecule is Nc1ncnc2c1ncn2C1OC(COC(=O)C23CC4CC(CC(C4)C2)C3)C(O)C1O. The van der Waals surface area contributed by atoms with Crippen molar-refractivity contribution >= 4 is 23.0 Å². The fraction of sp³-hybridized carbons (Fsp3) is 0.714. The summed E-state index contributed by atoms with van der Waals surface area (Å²) in [4.78, 5) is 25.3. The van der Waals surface area contributed by atoms with Gasteiger partial charge in [0, 0.05) is 0 Å². The molecule has 166 valence electrons. The molecule has 4 aliphatic carbocycles. The van der Waals surface area contributed by atoms with Gasteiger partial charge in [0.25, 0.3) is 0 Å². The quantitative estimate of drug-likeness (QED) is 0.600. The molecule has 10 nitrogen and oxygen atoms in total. The predicted molar refractivity (Wildman–Crippen MR) is 107 cm³/mol. The summed E-state index contributed by atoms with van der Waals surface area (Å²) in [6.07, 6.45) is 5.05. The molecule has 7 rings (SSSR count). The highest BCUT2D eigenvalue weighted by Crippen LogP contribution is 2.60. The molecule has 4 saturated carbocycles. The number of imidazole rings is 1. The molecule has 0 amide bonds. The Morgan fingerprint density at radius 3 is 2.48 bits per heavy atom.